The molecule has 1 aliphatic rings. The van der Waals surface area contributed by atoms with E-state index in [0.717, 1.165) is 47.0 Å². The predicted molar refractivity (Wildman–Crippen MR) is 116 cm³/mol. The zero-order chi connectivity index (χ0) is 20.3. The Balaban J connectivity index is 2.06. The Morgan fingerprint density at radius 1 is 1.18 bits per heavy atom. The number of ether oxygens (including phenoxy) is 1. The molecule has 2 atom stereocenters. The molecule has 0 bridgehead atoms. The molecule has 4 nitrogen and oxygen atoms in total. The zero-order valence-electron chi connectivity index (χ0n) is 17.1. The summed E-state index contributed by atoms with van der Waals surface area (Å²) in [4.78, 5) is 17.7. The van der Waals surface area contributed by atoms with Crippen LogP contribution in [0.5, 0.6) is 5.75 Å². The SMILES string of the molecule is CC[C@@H]1C(=O)N(CCN(C)C)c2cccc(Cl)c2C[C@@H]1c1ccc(OC)cc1. The standard InChI is InChI=1S/C23H29ClN2O2/c1-5-18-19(16-9-11-17(28-4)12-10-16)15-20-21(24)7-6-8-22(20)26(23(18)27)14-13-25(2)3/h6-12,18-19H,5,13-15H2,1-4H3/t18-,19+/m0/s1. The lowest BCUT2D eigenvalue weighted by Gasteiger charge is -2.29. The van der Waals surface area contributed by atoms with Crippen LogP contribution < -0.4 is 9.64 Å². The Morgan fingerprint density at radius 2 is 1.89 bits per heavy atom. The van der Waals surface area contributed by atoms with E-state index in [1.54, 1.807) is 7.11 Å². The Hall–Kier alpha value is -2.04. The van der Waals surface area contributed by atoms with Gasteiger partial charge in [-0.3, -0.25) is 4.79 Å². The average Bonchev–Trinajstić information content (AvgIpc) is 2.81. The molecule has 1 heterocycles. The number of fused-ring (bicyclic) bond motifs is 1. The average molecular weight is 401 g/mol. The Bertz CT molecular complexity index is 820. The van der Waals surface area contributed by atoms with Gasteiger partial charge in [0.1, 0.15) is 5.75 Å². The molecular weight excluding hydrogens is 372 g/mol. The molecule has 2 aromatic carbocycles. The highest BCUT2D eigenvalue weighted by Crippen LogP contribution is 2.42. The van der Waals surface area contributed by atoms with Gasteiger partial charge in [-0.05, 0) is 68.2 Å². The molecule has 0 N–H and O–H groups in total. The van der Waals surface area contributed by atoms with Crippen LogP contribution in [0.25, 0.3) is 0 Å². The lowest BCUT2D eigenvalue weighted by molar-refractivity contribution is -0.123. The van der Waals surface area contributed by atoms with Gasteiger partial charge in [0, 0.05) is 29.7 Å². The van der Waals surface area contributed by atoms with Crippen molar-refractivity contribution in [3.8, 4) is 5.75 Å². The van der Waals surface area contributed by atoms with Crippen LogP contribution in [-0.2, 0) is 11.2 Å². The van der Waals surface area contributed by atoms with Crippen LogP contribution in [0, 0.1) is 5.92 Å². The molecule has 0 aromatic heterocycles. The fraction of sp³-hybridized carbons (Fsp3) is 0.435. The summed E-state index contributed by atoms with van der Waals surface area (Å²) in [5, 5.41) is 0.732. The van der Waals surface area contributed by atoms with Crippen molar-refractivity contribution in [1.82, 2.24) is 4.90 Å². The summed E-state index contributed by atoms with van der Waals surface area (Å²) in [6.07, 6.45) is 1.55. The minimum Gasteiger partial charge on any atom is -0.497 e. The first kappa shape index (κ1) is 20.7. The maximum absolute atomic E-state index is 13.6. The molecule has 28 heavy (non-hydrogen) atoms. The number of benzene rings is 2. The lowest BCUT2D eigenvalue weighted by Crippen LogP contribution is -2.41. The molecule has 0 spiro atoms. The fourth-order valence-electron chi connectivity index (χ4n) is 4.05. The Morgan fingerprint density at radius 3 is 2.50 bits per heavy atom. The minimum absolute atomic E-state index is 0.0842. The van der Waals surface area contributed by atoms with Gasteiger partial charge in [-0.15, -0.1) is 0 Å². The van der Waals surface area contributed by atoms with Gasteiger partial charge >= 0.3 is 0 Å². The number of carbonyl (C=O) groups excluding carboxylic acids is 1. The van der Waals surface area contributed by atoms with E-state index in [0.29, 0.717) is 6.54 Å². The van der Waals surface area contributed by atoms with Gasteiger partial charge in [0.05, 0.1) is 7.11 Å². The first-order valence-electron chi connectivity index (χ1n) is 9.83. The summed E-state index contributed by atoms with van der Waals surface area (Å²) < 4.78 is 5.30. The van der Waals surface area contributed by atoms with Crippen molar-refractivity contribution in [2.24, 2.45) is 5.92 Å². The van der Waals surface area contributed by atoms with Crippen LogP contribution in [0.3, 0.4) is 0 Å². The van der Waals surface area contributed by atoms with Crippen LogP contribution in [0.1, 0.15) is 30.4 Å². The van der Waals surface area contributed by atoms with E-state index in [1.807, 2.05) is 49.3 Å². The highest BCUT2D eigenvalue weighted by atomic mass is 35.5. The number of nitrogens with zero attached hydrogens (tertiary/aromatic N) is 2. The maximum atomic E-state index is 13.6. The van der Waals surface area contributed by atoms with Crippen molar-refractivity contribution >= 4 is 23.2 Å². The highest BCUT2D eigenvalue weighted by Gasteiger charge is 2.37. The zero-order valence-corrected chi connectivity index (χ0v) is 17.9. The molecule has 150 valence electrons. The number of hydrogen-bond acceptors (Lipinski definition) is 3. The number of methoxy groups -OCH3 is 1. The molecule has 2 aromatic rings. The van der Waals surface area contributed by atoms with Gasteiger partial charge in [0.15, 0.2) is 0 Å². The summed E-state index contributed by atoms with van der Waals surface area (Å²) in [5.74, 6) is 1.01. The van der Waals surface area contributed by atoms with Gasteiger partial charge in [-0.2, -0.15) is 0 Å². The molecule has 1 amide bonds. The summed E-state index contributed by atoms with van der Waals surface area (Å²) in [6, 6.07) is 14.0. The maximum Gasteiger partial charge on any atom is 0.230 e. The van der Waals surface area contributed by atoms with E-state index in [-0.39, 0.29) is 17.7 Å². The third-order valence-electron chi connectivity index (χ3n) is 5.63. The normalized spacial score (nSPS) is 19.5. The van der Waals surface area contributed by atoms with Crippen molar-refractivity contribution in [3.05, 3.63) is 58.6 Å². The second kappa shape index (κ2) is 8.97. The molecule has 0 radical (unpaired) electrons. The molecule has 0 aliphatic carbocycles. The van der Waals surface area contributed by atoms with Crippen molar-refractivity contribution in [2.75, 3.05) is 39.2 Å². The molecular formula is C23H29ClN2O2. The van der Waals surface area contributed by atoms with Gasteiger partial charge in [-0.25, -0.2) is 0 Å². The van der Waals surface area contributed by atoms with E-state index in [9.17, 15) is 4.79 Å². The van der Waals surface area contributed by atoms with Crippen LogP contribution in [0.4, 0.5) is 5.69 Å². The summed E-state index contributed by atoms with van der Waals surface area (Å²) >= 11 is 6.61. The highest BCUT2D eigenvalue weighted by molar-refractivity contribution is 6.32. The van der Waals surface area contributed by atoms with Crippen molar-refractivity contribution in [1.29, 1.82) is 0 Å². The van der Waals surface area contributed by atoms with Crippen molar-refractivity contribution in [2.45, 2.75) is 25.7 Å². The summed E-state index contributed by atoms with van der Waals surface area (Å²) in [6.45, 7) is 3.56. The summed E-state index contributed by atoms with van der Waals surface area (Å²) in [7, 11) is 5.72. The monoisotopic (exact) mass is 400 g/mol. The third kappa shape index (κ3) is 4.18. The third-order valence-corrected chi connectivity index (χ3v) is 5.99. The second-order valence-corrected chi connectivity index (χ2v) is 8.04. The van der Waals surface area contributed by atoms with Gasteiger partial charge in [-0.1, -0.05) is 36.7 Å². The number of carbonyl (C=O) groups is 1. The molecule has 0 fully saturated rings. The Kier molecular flexibility index (Phi) is 6.63. The first-order valence-corrected chi connectivity index (χ1v) is 10.2. The van der Waals surface area contributed by atoms with E-state index in [1.165, 1.54) is 0 Å². The Labute approximate surface area is 173 Å². The number of amides is 1. The van der Waals surface area contributed by atoms with Gasteiger partial charge in [0.2, 0.25) is 5.91 Å². The van der Waals surface area contributed by atoms with Crippen LogP contribution >= 0.6 is 11.6 Å². The molecule has 0 unspecified atom stereocenters. The number of anilines is 1. The topological polar surface area (TPSA) is 32.8 Å². The van der Waals surface area contributed by atoms with Gasteiger partial charge in [0.25, 0.3) is 0 Å². The molecule has 3 rings (SSSR count). The van der Waals surface area contributed by atoms with Crippen LogP contribution in [0.2, 0.25) is 5.02 Å². The quantitative estimate of drug-likeness (QED) is 0.709. The predicted octanol–water partition coefficient (Wildman–Crippen LogP) is 4.61. The largest absolute Gasteiger partial charge is 0.497 e. The van der Waals surface area contributed by atoms with E-state index < -0.39 is 0 Å². The van der Waals surface area contributed by atoms with Crippen LogP contribution in [0.15, 0.2) is 42.5 Å². The molecule has 0 saturated carbocycles. The molecule has 0 saturated heterocycles. The van der Waals surface area contributed by atoms with Gasteiger partial charge < -0.3 is 14.5 Å². The van der Waals surface area contributed by atoms with E-state index >= 15 is 0 Å². The minimum atomic E-state index is -0.0842. The fourth-order valence-corrected chi connectivity index (χ4v) is 4.29. The lowest BCUT2D eigenvalue weighted by atomic mass is 9.80. The second-order valence-electron chi connectivity index (χ2n) is 7.63. The van der Waals surface area contributed by atoms with E-state index in [4.69, 9.17) is 16.3 Å². The molecule has 1 aliphatic heterocycles. The number of likely N-dealkylation sites (N-methyl/N-ethyl adjacent to an activating group) is 1. The molecule has 5 heteroatoms. The number of rotatable bonds is 6. The van der Waals surface area contributed by atoms with Crippen molar-refractivity contribution in [3.63, 3.8) is 0 Å². The first-order chi connectivity index (χ1) is 13.5. The van der Waals surface area contributed by atoms with Crippen molar-refractivity contribution < 1.29 is 9.53 Å². The number of hydrogen-bond donors (Lipinski definition) is 0. The smallest absolute Gasteiger partial charge is 0.230 e. The van der Waals surface area contributed by atoms with E-state index in [2.05, 4.69) is 24.0 Å². The number of halogens is 1. The summed E-state index contributed by atoms with van der Waals surface area (Å²) in [5.41, 5.74) is 3.17. The van der Waals surface area contributed by atoms with Crippen LogP contribution in [-0.4, -0.2) is 45.1 Å².